The molecule has 22 heavy (non-hydrogen) atoms. The number of nitrogens with one attached hydrogen (secondary N) is 1. The van der Waals surface area contributed by atoms with Gasteiger partial charge in [0.1, 0.15) is 17.6 Å². The summed E-state index contributed by atoms with van der Waals surface area (Å²) in [4.78, 5) is 11.8. The monoisotopic (exact) mass is 333 g/mol. The average Bonchev–Trinajstić information content (AvgIpc) is 3.23. The Morgan fingerprint density at radius 2 is 2.00 bits per heavy atom. The number of amides is 1. The molecule has 0 saturated carbocycles. The van der Waals surface area contributed by atoms with Crippen LogP contribution in [0, 0.1) is 0 Å². The van der Waals surface area contributed by atoms with Crippen molar-refractivity contribution in [3.8, 4) is 11.3 Å². The third-order valence-electron chi connectivity index (χ3n) is 3.20. The van der Waals surface area contributed by atoms with Crippen LogP contribution in [-0.4, -0.2) is 17.6 Å². The van der Waals surface area contributed by atoms with Crippen molar-refractivity contribution in [2.24, 2.45) is 0 Å². The van der Waals surface area contributed by atoms with Crippen LogP contribution < -0.4 is 5.32 Å². The fraction of sp³-hybridized carbons (Fsp3) is 0.188. The Morgan fingerprint density at radius 3 is 2.73 bits per heavy atom. The van der Waals surface area contributed by atoms with Gasteiger partial charge in [0.15, 0.2) is 0 Å². The highest BCUT2D eigenvalue weighted by atomic mass is 32.1. The Labute approximate surface area is 136 Å². The van der Waals surface area contributed by atoms with Gasteiger partial charge in [-0.2, -0.15) is 22.7 Å². The van der Waals surface area contributed by atoms with Crippen molar-refractivity contribution in [2.75, 3.05) is 6.54 Å². The van der Waals surface area contributed by atoms with Gasteiger partial charge in [0, 0.05) is 10.9 Å². The zero-order valence-electron chi connectivity index (χ0n) is 11.7. The molecule has 0 bridgehead atoms. The van der Waals surface area contributed by atoms with Gasteiger partial charge in [-0.15, -0.1) is 0 Å². The molecule has 0 fully saturated rings. The second kappa shape index (κ2) is 6.91. The highest BCUT2D eigenvalue weighted by Crippen LogP contribution is 2.26. The van der Waals surface area contributed by atoms with Crippen LogP contribution in [0.2, 0.25) is 0 Å². The Bertz CT molecular complexity index is 717. The number of hydrogen-bond acceptors (Lipinski definition) is 5. The van der Waals surface area contributed by atoms with E-state index < -0.39 is 6.10 Å². The first kappa shape index (κ1) is 15.0. The molecule has 6 heteroatoms. The predicted octanol–water partition coefficient (Wildman–Crippen LogP) is 3.46. The normalized spacial score (nSPS) is 12.2. The van der Waals surface area contributed by atoms with Crippen LogP contribution in [0.5, 0.6) is 0 Å². The topological polar surface area (TPSA) is 62.5 Å². The summed E-state index contributed by atoms with van der Waals surface area (Å²) in [5.74, 6) is 1.07. The summed E-state index contributed by atoms with van der Waals surface area (Å²) in [6.07, 6.45) is -0.520. The molecule has 0 aliphatic rings. The van der Waals surface area contributed by atoms with E-state index in [9.17, 15) is 9.90 Å². The van der Waals surface area contributed by atoms with Crippen LogP contribution in [-0.2, 0) is 11.2 Å². The molecule has 3 aromatic heterocycles. The summed E-state index contributed by atoms with van der Waals surface area (Å²) in [6.45, 7) is 0.138. The van der Waals surface area contributed by atoms with Crippen LogP contribution in [0.1, 0.15) is 17.4 Å². The SMILES string of the molecule is O=C(Cc1ccsc1)NCC(O)c1ccc(-c2ccsc2)o1. The van der Waals surface area contributed by atoms with E-state index in [1.807, 2.05) is 39.7 Å². The lowest BCUT2D eigenvalue weighted by Gasteiger charge is -2.09. The molecule has 0 aliphatic carbocycles. The van der Waals surface area contributed by atoms with E-state index in [2.05, 4.69) is 5.32 Å². The minimum absolute atomic E-state index is 0.109. The van der Waals surface area contributed by atoms with E-state index in [1.54, 1.807) is 28.7 Å². The maximum absolute atomic E-state index is 11.8. The molecule has 3 rings (SSSR count). The van der Waals surface area contributed by atoms with Crippen molar-refractivity contribution >= 4 is 28.6 Å². The molecular weight excluding hydrogens is 318 g/mol. The second-order valence-electron chi connectivity index (χ2n) is 4.84. The van der Waals surface area contributed by atoms with Crippen molar-refractivity contribution in [1.82, 2.24) is 5.32 Å². The molecule has 1 amide bonds. The molecule has 1 unspecified atom stereocenters. The van der Waals surface area contributed by atoms with Gasteiger partial charge >= 0.3 is 0 Å². The van der Waals surface area contributed by atoms with Crippen molar-refractivity contribution in [1.29, 1.82) is 0 Å². The highest BCUT2D eigenvalue weighted by Gasteiger charge is 2.15. The highest BCUT2D eigenvalue weighted by molar-refractivity contribution is 7.08. The van der Waals surface area contributed by atoms with Gasteiger partial charge in [-0.05, 0) is 46.0 Å². The minimum atomic E-state index is -0.848. The van der Waals surface area contributed by atoms with Gasteiger partial charge in [-0.25, -0.2) is 0 Å². The molecule has 3 aromatic rings. The van der Waals surface area contributed by atoms with Crippen LogP contribution in [0.15, 0.2) is 50.2 Å². The van der Waals surface area contributed by atoms with Crippen molar-refractivity contribution in [3.63, 3.8) is 0 Å². The lowest BCUT2D eigenvalue weighted by atomic mass is 10.2. The molecule has 0 aliphatic heterocycles. The zero-order chi connectivity index (χ0) is 15.4. The minimum Gasteiger partial charge on any atom is -0.458 e. The summed E-state index contributed by atoms with van der Waals surface area (Å²) in [5.41, 5.74) is 1.97. The molecule has 0 radical (unpaired) electrons. The lowest BCUT2D eigenvalue weighted by molar-refractivity contribution is -0.120. The molecule has 3 heterocycles. The molecule has 0 spiro atoms. The molecule has 0 aromatic carbocycles. The number of carbonyl (C=O) groups excluding carboxylic acids is 1. The largest absolute Gasteiger partial charge is 0.458 e. The second-order valence-corrected chi connectivity index (χ2v) is 6.40. The number of aliphatic hydroxyl groups is 1. The van der Waals surface area contributed by atoms with E-state index in [0.29, 0.717) is 12.2 Å². The molecular formula is C16H15NO3S2. The predicted molar refractivity (Wildman–Crippen MR) is 88.0 cm³/mol. The van der Waals surface area contributed by atoms with Crippen molar-refractivity contribution < 1.29 is 14.3 Å². The maximum Gasteiger partial charge on any atom is 0.224 e. The zero-order valence-corrected chi connectivity index (χ0v) is 13.3. The summed E-state index contributed by atoms with van der Waals surface area (Å²) in [5, 5.41) is 20.7. The van der Waals surface area contributed by atoms with Gasteiger partial charge < -0.3 is 14.8 Å². The number of rotatable bonds is 6. The molecule has 0 saturated heterocycles. The van der Waals surface area contributed by atoms with Gasteiger partial charge in [0.25, 0.3) is 0 Å². The van der Waals surface area contributed by atoms with E-state index in [4.69, 9.17) is 4.42 Å². The van der Waals surface area contributed by atoms with Crippen LogP contribution in [0.25, 0.3) is 11.3 Å². The molecule has 114 valence electrons. The average molecular weight is 333 g/mol. The lowest BCUT2D eigenvalue weighted by Crippen LogP contribution is -2.29. The number of aliphatic hydroxyl groups excluding tert-OH is 1. The Hall–Kier alpha value is -1.89. The maximum atomic E-state index is 11.8. The van der Waals surface area contributed by atoms with Gasteiger partial charge in [-0.3, -0.25) is 4.79 Å². The summed E-state index contributed by atoms with van der Waals surface area (Å²) in [7, 11) is 0. The third-order valence-corrected chi connectivity index (χ3v) is 4.61. The standard InChI is InChI=1S/C16H15NO3S2/c18-13(8-17-16(19)7-11-3-5-21-9-11)15-2-1-14(20-15)12-4-6-22-10-12/h1-6,9-10,13,18H,7-8H2,(H,17,19). The van der Waals surface area contributed by atoms with Crippen LogP contribution in [0.3, 0.4) is 0 Å². The van der Waals surface area contributed by atoms with E-state index in [0.717, 1.165) is 16.9 Å². The van der Waals surface area contributed by atoms with Crippen LogP contribution in [0.4, 0.5) is 0 Å². The van der Waals surface area contributed by atoms with Crippen LogP contribution >= 0.6 is 22.7 Å². The molecule has 2 N–H and O–H groups in total. The fourth-order valence-corrected chi connectivity index (χ4v) is 3.36. The Kier molecular flexibility index (Phi) is 4.72. The van der Waals surface area contributed by atoms with E-state index in [-0.39, 0.29) is 12.5 Å². The third kappa shape index (κ3) is 3.65. The summed E-state index contributed by atoms with van der Waals surface area (Å²) in [6, 6.07) is 7.44. The summed E-state index contributed by atoms with van der Waals surface area (Å²) >= 11 is 3.15. The fourth-order valence-electron chi connectivity index (χ4n) is 2.04. The summed E-state index contributed by atoms with van der Waals surface area (Å²) < 4.78 is 5.64. The van der Waals surface area contributed by atoms with E-state index in [1.165, 1.54) is 0 Å². The first-order valence-electron chi connectivity index (χ1n) is 6.80. The number of carbonyl (C=O) groups is 1. The number of thiophene rings is 2. The molecule has 1 atom stereocenters. The number of hydrogen-bond donors (Lipinski definition) is 2. The van der Waals surface area contributed by atoms with E-state index >= 15 is 0 Å². The van der Waals surface area contributed by atoms with Gasteiger partial charge in [0.2, 0.25) is 5.91 Å². The smallest absolute Gasteiger partial charge is 0.224 e. The quantitative estimate of drug-likeness (QED) is 0.726. The van der Waals surface area contributed by atoms with Gasteiger partial charge in [0.05, 0.1) is 13.0 Å². The van der Waals surface area contributed by atoms with Gasteiger partial charge in [-0.1, -0.05) is 0 Å². The van der Waals surface area contributed by atoms with Crippen molar-refractivity contribution in [3.05, 3.63) is 57.1 Å². The Balaban J connectivity index is 1.53. The Morgan fingerprint density at radius 1 is 1.18 bits per heavy atom. The molecule has 4 nitrogen and oxygen atoms in total. The van der Waals surface area contributed by atoms with Crippen molar-refractivity contribution in [2.45, 2.75) is 12.5 Å². The number of furan rings is 1. The first-order chi connectivity index (χ1) is 10.7. The first-order valence-corrected chi connectivity index (χ1v) is 8.69.